The fourth-order valence-corrected chi connectivity index (χ4v) is 1.51. The van der Waals surface area contributed by atoms with Crippen molar-refractivity contribution in [1.29, 1.82) is 0 Å². The summed E-state index contributed by atoms with van der Waals surface area (Å²) in [6, 6.07) is 0. The molecule has 0 radical (unpaired) electrons. The van der Waals surface area contributed by atoms with Crippen LogP contribution < -0.4 is 5.32 Å². The summed E-state index contributed by atoms with van der Waals surface area (Å²) in [6.45, 7) is 9.48. The second-order valence-electron chi connectivity index (χ2n) is 6.26. The van der Waals surface area contributed by atoms with Gasteiger partial charge in [-0.3, -0.25) is 4.79 Å². The summed E-state index contributed by atoms with van der Waals surface area (Å²) >= 11 is 0. The summed E-state index contributed by atoms with van der Waals surface area (Å²) in [5, 5.41) is 11.8. The monoisotopic (exact) mass is 303 g/mol. The SMILES string of the molecule is CC(C)C(=O)CCC(CO)OCCNC(=O)OC(C)(C)C. The number of nitrogens with one attached hydrogen (secondary N) is 1. The molecule has 124 valence electrons. The Morgan fingerprint density at radius 3 is 2.33 bits per heavy atom. The zero-order valence-corrected chi connectivity index (χ0v) is 13.8. The maximum absolute atomic E-state index is 11.5. The van der Waals surface area contributed by atoms with E-state index < -0.39 is 11.7 Å². The van der Waals surface area contributed by atoms with E-state index in [9.17, 15) is 14.7 Å². The molecule has 2 N–H and O–H groups in total. The van der Waals surface area contributed by atoms with Gasteiger partial charge in [-0.05, 0) is 27.2 Å². The van der Waals surface area contributed by atoms with Crippen molar-refractivity contribution in [2.24, 2.45) is 5.92 Å². The third-order valence-corrected chi connectivity index (χ3v) is 2.68. The molecule has 0 aromatic heterocycles. The van der Waals surface area contributed by atoms with Gasteiger partial charge in [0.15, 0.2) is 0 Å². The summed E-state index contributed by atoms with van der Waals surface area (Å²) in [7, 11) is 0. The van der Waals surface area contributed by atoms with Gasteiger partial charge in [-0.25, -0.2) is 4.79 Å². The molecule has 0 rings (SSSR count). The van der Waals surface area contributed by atoms with Gasteiger partial charge >= 0.3 is 6.09 Å². The number of hydrogen-bond acceptors (Lipinski definition) is 5. The van der Waals surface area contributed by atoms with Crippen LogP contribution in [0.4, 0.5) is 4.79 Å². The van der Waals surface area contributed by atoms with Gasteiger partial charge in [0.05, 0.1) is 19.3 Å². The number of amides is 1. The molecule has 0 spiro atoms. The lowest BCUT2D eigenvalue weighted by atomic mass is 10.0. The third-order valence-electron chi connectivity index (χ3n) is 2.68. The highest BCUT2D eigenvalue weighted by Gasteiger charge is 2.16. The molecule has 0 saturated carbocycles. The Balaban J connectivity index is 3.82. The molecule has 0 bridgehead atoms. The number of aliphatic hydroxyl groups excluding tert-OH is 1. The van der Waals surface area contributed by atoms with Gasteiger partial charge < -0.3 is 19.9 Å². The summed E-state index contributed by atoms with van der Waals surface area (Å²) in [4.78, 5) is 22.9. The average molecular weight is 303 g/mol. The Hall–Kier alpha value is -1.14. The van der Waals surface area contributed by atoms with E-state index in [0.29, 0.717) is 19.4 Å². The van der Waals surface area contributed by atoms with Crippen molar-refractivity contribution in [2.45, 2.75) is 59.2 Å². The van der Waals surface area contributed by atoms with E-state index in [0.717, 1.165) is 0 Å². The molecule has 0 aliphatic rings. The van der Waals surface area contributed by atoms with Crippen LogP contribution in [-0.4, -0.2) is 48.4 Å². The van der Waals surface area contributed by atoms with Gasteiger partial charge in [0, 0.05) is 18.9 Å². The number of Topliss-reactive ketones (excluding diaryl/α,β-unsaturated/α-hetero) is 1. The first-order chi connectivity index (χ1) is 9.65. The Morgan fingerprint density at radius 2 is 1.86 bits per heavy atom. The average Bonchev–Trinajstić information content (AvgIpc) is 2.35. The molecule has 21 heavy (non-hydrogen) atoms. The first-order valence-electron chi connectivity index (χ1n) is 7.37. The highest BCUT2D eigenvalue weighted by Crippen LogP contribution is 2.08. The van der Waals surface area contributed by atoms with E-state index in [1.165, 1.54) is 0 Å². The highest BCUT2D eigenvalue weighted by atomic mass is 16.6. The molecule has 0 aliphatic heterocycles. The van der Waals surface area contributed by atoms with E-state index >= 15 is 0 Å². The fourth-order valence-electron chi connectivity index (χ4n) is 1.51. The zero-order valence-electron chi connectivity index (χ0n) is 13.8. The van der Waals surface area contributed by atoms with Gasteiger partial charge in [-0.1, -0.05) is 13.8 Å². The molecule has 0 aromatic carbocycles. The minimum absolute atomic E-state index is 0.00169. The quantitative estimate of drug-likeness (QED) is 0.635. The molecule has 0 fully saturated rings. The van der Waals surface area contributed by atoms with Crippen molar-refractivity contribution >= 4 is 11.9 Å². The molecule has 6 nitrogen and oxygen atoms in total. The van der Waals surface area contributed by atoms with Crippen molar-refractivity contribution < 1.29 is 24.2 Å². The van der Waals surface area contributed by atoms with Crippen LogP contribution in [0.5, 0.6) is 0 Å². The van der Waals surface area contributed by atoms with Crippen LogP contribution in [0.15, 0.2) is 0 Å². The minimum Gasteiger partial charge on any atom is -0.444 e. The topological polar surface area (TPSA) is 84.9 Å². The molecular weight excluding hydrogens is 274 g/mol. The van der Waals surface area contributed by atoms with E-state index in [-0.39, 0.29) is 31.0 Å². The van der Waals surface area contributed by atoms with Gasteiger partial charge in [0.2, 0.25) is 0 Å². The van der Waals surface area contributed by atoms with E-state index in [1.807, 2.05) is 13.8 Å². The highest BCUT2D eigenvalue weighted by molar-refractivity contribution is 5.80. The number of carbonyl (C=O) groups is 2. The van der Waals surface area contributed by atoms with Crippen molar-refractivity contribution in [3.8, 4) is 0 Å². The number of rotatable bonds is 9. The maximum atomic E-state index is 11.5. The Labute approximate surface area is 127 Å². The largest absolute Gasteiger partial charge is 0.444 e. The Kier molecular flexibility index (Phi) is 9.21. The Morgan fingerprint density at radius 1 is 1.24 bits per heavy atom. The van der Waals surface area contributed by atoms with E-state index in [1.54, 1.807) is 20.8 Å². The molecule has 1 amide bonds. The molecule has 0 aliphatic carbocycles. The molecule has 0 saturated heterocycles. The van der Waals surface area contributed by atoms with E-state index in [2.05, 4.69) is 5.32 Å². The van der Waals surface area contributed by atoms with Crippen LogP contribution in [0, 0.1) is 5.92 Å². The lowest BCUT2D eigenvalue weighted by Crippen LogP contribution is -2.35. The summed E-state index contributed by atoms with van der Waals surface area (Å²) in [5.41, 5.74) is -0.532. The predicted molar refractivity (Wildman–Crippen MR) is 80.1 cm³/mol. The van der Waals surface area contributed by atoms with Gasteiger partial charge in [-0.2, -0.15) is 0 Å². The minimum atomic E-state index is -0.532. The van der Waals surface area contributed by atoms with Crippen molar-refractivity contribution in [3.63, 3.8) is 0 Å². The van der Waals surface area contributed by atoms with Crippen LogP contribution >= 0.6 is 0 Å². The van der Waals surface area contributed by atoms with Gasteiger partial charge in [0.25, 0.3) is 0 Å². The lowest BCUT2D eigenvalue weighted by Gasteiger charge is -2.20. The fraction of sp³-hybridized carbons (Fsp3) is 0.867. The van der Waals surface area contributed by atoms with E-state index in [4.69, 9.17) is 9.47 Å². The van der Waals surface area contributed by atoms with Crippen LogP contribution in [0.2, 0.25) is 0 Å². The third kappa shape index (κ3) is 11.2. The predicted octanol–water partition coefficient (Wildman–Crippen LogP) is 1.89. The normalized spacial score (nSPS) is 13.1. The first-order valence-corrected chi connectivity index (χ1v) is 7.37. The number of carbonyl (C=O) groups excluding carboxylic acids is 2. The van der Waals surface area contributed by atoms with Crippen LogP contribution in [0.25, 0.3) is 0 Å². The van der Waals surface area contributed by atoms with Gasteiger partial charge in [0.1, 0.15) is 11.4 Å². The smallest absolute Gasteiger partial charge is 0.407 e. The molecule has 1 unspecified atom stereocenters. The second-order valence-corrected chi connectivity index (χ2v) is 6.26. The van der Waals surface area contributed by atoms with Crippen LogP contribution in [-0.2, 0) is 14.3 Å². The number of ether oxygens (including phenoxy) is 2. The number of hydrogen-bond donors (Lipinski definition) is 2. The van der Waals surface area contributed by atoms with Crippen molar-refractivity contribution in [1.82, 2.24) is 5.32 Å². The first kappa shape index (κ1) is 19.9. The van der Waals surface area contributed by atoms with Crippen LogP contribution in [0.1, 0.15) is 47.5 Å². The van der Waals surface area contributed by atoms with Crippen LogP contribution in [0.3, 0.4) is 0 Å². The molecular formula is C15H29NO5. The van der Waals surface area contributed by atoms with Crippen molar-refractivity contribution in [2.75, 3.05) is 19.8 Å². The summed E-state index contributed by atoms with van der Waals surface area (Å²) in [5.74, 6) is 0.155. The summed E-state index contributed by atoms with van der Waals surface area (Å²) < 4.78 is 10.5. The maximum Gasteiger partial charge on any atom is 0.407 e. The molecule has 6 heteroatoms. The standard InChI is InChI=1S/C15H29NO5/c1-11(2)13(18)7-6-12(10-17)20-9-8-16-14(19)21-15(3,4)5/h11-12,17H,6-10H2,1-5H3,(H,16,19). The van der Waals surface area contributed by atoms with Crippen molar-refractivity contribution in [3.05, 3.63) is 0 Å². The number of aliphatic hydroxyl groups is 1. The molecule has 1 atom stereocenters. The van der Waals surface area contributed by atoms with Gasteiger partial charge in [-0.15, -0.1) is 0 Å². The zero-order chi connectivity index (χ0) is 16.5. The number of alkyl carbamates (subject to hydrolysis) is 1. The lowest BCUT2D eigenvalue weighted by molar-refractivity contribution is -0.122. The molecule has 0 heterocycles. The Bertz CT molecular complexity index is 323. The summed E-state index contributed by atoms with van der Waals surface area (Å²) in [6.07, 6.45) is -0.00252. The second kappa shape index (κ2) is 9.73. The number of ketones is 1. The molecule has 0 aromatic rings.